The van der Waals surface area contributed by atoms with Gasteiger partial charge in [-0.25, -0.2) is 4.79 Å². The lowest BCUT2D eigenvalue weighted by Gasteiger charge is -2.36. The van der Waals surface area contributed by atoms with Crippen LogP contribution < -0.4 is 10.2 Å². The predicted octanol–water partition coefficient (Wildman–Crippen LogP) is 7.01. The minimum Gasteiger partial charge on any atom is -0.465 e. The maximum atomic E-state index is 14.2. The van der Waals surface area contributed by atoms with Crippen molar-refractivity contribution in [3.63, 3.8) is 0 Å². The van der Waals surface area contributed by atoms with Gasteiger partial charge in [0.25, 0.3) is 0 Å². The van der Waals surface area contributed by atoms with Crippen LogP contribution in [0.15, 0.2) is 85.2 Å². The molecule has 3 aromatic carbocycles. The van der Waals surface area contributed by atoms with Crippen LogP contribution in [0.1, 0.15) is 5.56 Å². The molecule has 1 amide bonds. The largest absolute Gasteiger partial charge is 0.465 e. The quantitative estimate of drug-likeness (QED) is 0.254. The maximum Gasteiger partial charge on any atom is 0.418 e. The fraction of sp³-hybridized carbons (Fsp3) is 0.167. The maximum absolute atomic E-state index is 14.2. The van der Waals surface area contributed by atoms with Gasteiger partial charge in [0.1, 0.15) is 0 Å². The van der Waals surface area contributed by atoms with Gasteiger partial charge in [0.05, 0.1) is 16.6 Å². The first kappa shape index (κ1) is 25.4. The van der Waals surface area contributed by atoms with Crippen molar-refractivity contribution in [1.82, 2.24) is 14.9 Å². The summed E-state index contributed by atoms with van der Waals surface area (Å²) in [6.07, 6.45) is -2.24. The number of fused-ring (bicyclic) bond motifs is 2. The molecule has 1 aliphatic rings. The van der Waals surface area contributed by atoms with E-state index >= 15 is 0 Å². The van der Waals surface area contributed by atoms with Crippen LogP contribution >= 0.6 is 0 Å². The smallest absolute Gasteiger partial charge is 0.418 e. The number of nitrogens with zero attached hydrogens (tertiary/aromatic N) is 4. The molecule has 0 atom stereocenters. The van der Waals surface area contributed by atoms with Gasteiger partial charge in [-0.05, 0) is 54.1 Å². The van der Waals surface area contributed by atoms with Gasteiger partial charge < -0.3 is 20.2 Å². The molecule has 0 unspecified atom stereocenters. The van der Waals surface area contributed by atoms with E-state index in [4.69, 9.17) is 5.11 Å². The van der Waals surface area contributed by atoms with Crippen molar-refractivity contribution in [3.8, 4) is 11.1 Å². The van der Waals surface area contributed by atoms with Crippen molar-refractivity contribution in [1.29, 1.82) is 0 Å². The fourth-order valence-corrected chi connectivity index (χ4v) is 5.07. The van der Waals surface area contributed by atoms with Gasteiger partial charge in [-0.15, -0.1) is 0 Å². The Morgan fingerprint density at radius 1 is 0.850 bits per heavy atom. The summed E-state index contributed by atoms with van der Waals surface area (Å²) in [5, 5.41) is 14.1. The van der Waals surface area contributed by atoms with Gasteiger partial charge in [0.2, 0.25) is 0 Å². The number of amides is 1. The third kappa shape index (κ3) is 4.95. The van der Waals surface area contributed by atoms with E-state index in [9.17, 15) is 18.0 Å². The number of piperazine rings is 1. The van der Waals surface area contributed by atoms with Crippen LogP contribution in [0, 0.1) is 0 Å². The normalized spacial score (nSPS) is 14.1. The van der Waals surface area contributed by atoms with Gasteiger partial charge >= 0.3 is 12.3 Å². The van der Waals surface area contributed by atoms with Crippen LogP contribution in [-0.4, -0.2) is 52.2 Å². The molecule has 0 bridgehead atoms. The molecule has 0 aliphatic carbocycles. The SMILES string of the molecule is O=C(O)N1CCN(c2ccc(Nc3ccnc4ccc(-c5cnc6ccccc6c5)cc34)cc2C(F)(F)F)CC1. The molecule has 7 nitrogen and oxygen atoms in total. The second-order valence-electron chi connectivity index (χ2n) is 9.62. The first-order valence-electron chi connectivity index (χ1n) is 12.7. The van der Waals surface area contributed by atoms with Gasteiger partial charge in [0.15, 0.2) is 0 Å². The van der Waals surface area contributed by atoms with E-state index in [1.165, 1.54) is 11.0 Å². The lowest BCUT2D eigenvalue weighted by Crippen LogP contribution is -2.48. The summed E-state index contributed by atoms with van der Waals surface area (Å²) in [4.78, 5) is 23.0. The zero-order chi connectivity index (χ0) is 27.9. The van der Waals surface area contributed by atoms with Gasteiger partial charge in [0, 0.05) is 72.0 Å². The third-order valence-corrected chi connectivity index (χ3v) is 7.14. The van der Waals surface area contributed by atoms with E-state index in [1.807, 2.05) is 42.5 Å². The molecule has 6 rings (SSSR count). The van der Waals surface area contributed by atoms with Gasteiger partial charge in [-0.1, -0.05) is 24.3 Å². The number of benzene rings is 3. The van der Waals surface area contributed by atoms with Crippen molar-refractivity contribution < 1.29 is 23.1 Å². The lowest BCUT2D eigenvalue weighted by atomic mass is 10.0. The summed E-state index contributed by atoms with van der Waals surface area (Å²) in [5.41, 5.74) is 3.59. The van der Waals surface area contributed by atoms with Crippen molar-refractivity contribution in [2.24, 2.45) is 0 Å². The summed E-state index contributed by atoms with van der Waals surface area (Å²) in [5.74, 6) is 0. The molecule has 1 saturated heterocycles. The number of carboxylic acid groups (broad SMARTS) is 1. The average molecular weight is 544 g/mol. The molecule has 1 aliphatic heterocycles. The topological polar surface area (TPSA) is 81.6 Å². The Morgan fingerprint density at radius 2 is 1.65 bits per heavy atom. The minimum absolute atomic E-state index is 0.0359. The highest BCUT2D eigenvalue weighted by Crippen LogP contribution is 2.40. The monoisotopic (exact) mass is 543 g/mol. The molecule has 0 radical (unpaired) electrons. The first-order chi connectivity index (χ1) is 19.3. The van der Waals surface area contributed by atoms with Crippen LogP contribution in [0.5, 0.6) is 0 Å². The Balaban J connectivity index is 1.33. The van der Waals surface area contributed by atoms with E-state index in [1.54, 1.807) is 29.4 Å². The molecule has 2 aromatic heterocycles. The number of hydrogen-bond donors (Lipinski definition) is 2. The van der Waals surface area contributed by atoms with Crippen LogP contribution in [-0.2, 0) is 6.18 Å². The van der Waals surface area contributed by atoms with Crippen molar-refractivity contribution >= 4 is 45.0 Å². The van der Waals surface area contributed by atoms with E-state index < -0.39 is 17.8 Å². The number of anilines is 3. The Labute approximate surface area is 227 Å². The summed E-state index contributed by atoms with van der Waals surface area (Å²) < 4.78 is 42.5. The van der Waals surface area contributed by atoms with Crippen molar-refractivity contribution in [2.45, 2.75) is 6.18 Å². The highest BCUT2D eigenvalue weighted by molar-refractivity contribution is 5.96. The highest BCUT2D eigenvalue weighted by atomic mass is 19.4. The Bertz CT molecular complexity index is 1730. The highest BCUT2D eigenvalue weighted by Gasteiger charge is 2.36. The molecule has 40 heavy (non-hydrogen) atoms. The molecule has 0 spiro atoms. The van der Waals surface area contributed by atoms with E-state index in [0.717, 1.165) is 33.5 Å². The zero-order valence-electron chi connectivity index (χ0n) is 21.2. The number of halogens is 3. The molecule has 0 saturated carbocycles. The summed E-state index contributed by atoms with van der Waals surface area (Å²) in [6, 6.07) is 21.6. The zero-order valence-corrected chi connectivity index (χ0v) is 21.2. The fourth-order valence-electron chi connectivity index (χ4n) is 5.07. The minimum atomic E-state index is -4.59. The second kappa shape index (κ2) is 10.0. The number of alkyl halides is 3. The molecular formula is C30H24F3N5O2. The standard InChI is InChI=1S/C30H24F3N5O2/c31-30(32,33)24-17-22(6-8-28(24)37-11-13-38(14-12-37)29(39)40)36-27-9-10-34-26-7-5-19(16-23(26)27)21-15-20-3-1-2-4-25(20)35-18-21/h1-10,15-18H,11-14H2,(H,34,36)(H,39,40). The number of pyridine rings is 2. The van der Waals surface area contributed by atoms with Crippen LogP contribution in [0.2, 0.25) is 0 Å². The number of nitrogens with one attached hydrogen (secondary N) is 1. The van der Waals surface area contributed by atoms with E-state index in [2.05, 4.69) is 21.4 Å². The predicted molar refractivity (Wildman–Crippen MR) is 149 cm³/mol. The molecule has 1 fully saturated rings. The number of para-hydroxylation sites is 1. The molecule has 202 valence electrons. The van der Waals surface area contributed by atoms with Gasteiger partial charge in [-0.2, -0.15) is 13.2 Å². The Hall–Kier alpha value is -4.86. The van der Waals surface area contributed by atoms with Crippen molar-refractivity contribution in [2.75, 3.05) is 36.4 Å². The van der Waals surface area contributed by atoms with E-state index in [0.29, 0.717) is 11.2 Å². The number of hydrogen-bond acceptors (Lipinski definition) is 5. The Kier molecular flexibility index (Phi) is 6.37. The van der Waals surface area contributed by atoms with Crippen LogP contribution in [0.3, 0.4) is 0 Å². The first-order valence-corrected chi connectivity index (χ1v) is 12.7. The molecule has 10 heteroatoms. The molecular weight excluding hydrogens is 519 g/mol. The molecule has 5 aromatic rings. The number of aromatic nitrogens is 2. The number of carbonyl (C=O) groups is 1. The number of rotatable bonds is 4. The van der Waals surface area contributed by atoms with Crippen molar-refractivity contribution in [3.05, 3.63) is 90.8 Å². The second-order valence-corrected chi connectivity index (χ2v) is 9.62. The average Bonchev–Trinajstić information content (AvgIpc) is 2.96. The molecule has 2 N–H and O–H groups in total. The summed E-state index contributed by atoms with van der Waals surface area (Å²) in [6.45, 7) is 0.655. The summed E-state index contributed by atoms with van der Waals surface area (Å²) >= 11 is 0. The Morgan fingerprint density at radius 3 is 2.42 bits per heavy atom. The van der Waals surface area contributed by atoms with Crippen LogP contribution in [0.25, 0.3) is 32.9 Å². The summed E-state index contributed by atoms with van der Waals surface area (Å²) in [7, 11) is 0. The molecule has 3 heterocycles. The van der Waals surface area contributed by atoms with Gasteiger partial charge in [-0.3, -0.25) is 9.97 Å². The van der Waals surface area contributed by atoms with E-state index in [-0.39, 0.29) is 37.6 Å². The lowest BCUT2D eigenvalue weighted by molar-refractivity contribution is -0.137. The third-order valence-electron chi connectivity index (χ3n) is 7.14. The van der Waals surface area contributed by atoms with Crippen LogP contribution in [0.4, 0.5) is 35.0 Å².